The van der Waals surface area contributed by atoms with Crippen molar-refractivity contribution in [3.8, 4) is 0 Å². The van der Waals surface area contributed by atoms with Gasteiger partial charge in [-0.05, 0) is 6.07 Å². The van der Waals surface area contributed by atoms with Crippen molar-refractivity contribution in [2.24, 2.45) is 14.1 Å². The third-order valence-electron chi connectivity index (χ3n) is 2.43. The highest BCUT2D eigenvalue weighted by atomic mass is 32.2. The molecule has 0 aliphatic heterocycles. The normalized spacial score (nSPS) is 10.6. The molecule has 0 fully saturated rings. The molecule has 1 N–H and O–H groups in total. The maximum Gasteiger partial charge on any atom is 0.339 e. The number of aryl methyl sites for hydroxylation is 2. The van der Waals surface area contributed by atoms with Crippen LogP contribution in [0.4, 0.5) is 0 Å². The number of hydrogen-bond acceptors (Lipinski definition) is 5. The number of rotatable bonds is 4. The SMILES string of the molecule is Cn1ccc(C(=O)CSc2nc(=O)c(=O)[nH]n2C)c1. The van der Waals surface area contributed by atoms with E-state index in [9.17, 15) is 14.4 Å². The number of aromatic amines is 1. The number of ketones is 1. The lowest BCUT2D eigenvalue weighted by Crippen LogP contribution is -2.34. The van der Waals surface area contributed by atoms with E-state index in [4.69, 9.17) is 0 Å². The minimum absolute atomic E-state index is 0.0638. The quantitative estimate of drug-likeness (QED) is 0.475. The van der Waals surface area contributed by atoms with Crippen molar-refractivity contribution in [3.63, 3.8) is 0 Å². The molecule has 100 valence electrons. The second-order valence-corrected chi connectivity index (χ2v) is 4.92. The maximum absolute atomic E-state index is 11.9. The molecule has 0 bridgehead atoms. The van der Waals surface area contributed by atoms with E-state index >= 15 is 0 Å². The monoisotopic (exact) mass is 280 g/mol. The summed E-state index contributed by atoms with van der Waals surface area (Å²) in [6.07, 6.45) is 3.51. The fraction of sp³-hybridized carbons (Fsp3) is 0.273. The molecule has 2 aromatic heterocycles. The predicted octanol–water partition coefficient (Wildman–Crippen LogP) is -0.218. The Morgan fingerprint density at radius 2 is 2.16 bits per heavy atom. The Kier molecular flexibility index (Phi) is 3.70. The van der Waals surface area contributed by atoms with Crippen LogP contribution in [0.15, 0.2) is 33.2 Å². The maximum atomic E-state index is 11.9. The summed E-state index contributed by atoms with van der Waals surface area (Å²) in [6.45, 7) is 0. The summed E-state index contributed by atoms with van der Waals surface area (Å²) in [4.78, 5) is 37.6. The number of carbonyl (C=O) groups excluding carboxylic acids is 1. The lowest BCUT2D eigenvalue weighted by Gasteiger charge is -2.04. The van der Waals surface area contributed by atoms with E-state index in [1.54, 1.807) is 30.1 Å². The Hall–Kier alpha value is -2.09. The second-order valence-electron chi connectivity index (χ2n) is 3.98. The minimum atomic E-state index is -0.854. The lowest BCUT2D eigenvalue weighted by molar-refractivity contribution is 0.102. The van der Waals surface area contributed by atoms with Gasteiger partial charge >= 0.3 is 11.1 Å². The summed E-state index contributed by atoms with van der Waals surface area (Å²) < 4.78 is 3.11. The fourth-order valence-corrected chi connectivity index (χ4v) is 2.29. The average molecular weight is 280 g/mol. The number of thioether (sulfide) groups is 1. The zero-order valence-corrected chi connectivity index (χ0v) is 11.2. The number of nitrogens with zero attached hydrogens (tertiary/aromatic N) is 3. The first-order valence-corrected chi connectivity index (χ1v) is 6.41. The van der Waals surface area contributed by atoms with E-state index < -0.39 is 11.1 Å². The molecule has 0 atom stereocenters. The van der Waals surface area contributed by atoms with Gasteiger partial charge < -0.3 is 4.57 Å². The van der Waals surface area contributed by atoms with Crippen LogP contribution in [-0.4, -0.2) is 30.9 Å². The Bertz CT molecular complexity index is 728. The first-order valence-electron chi connectivity index (χ1n) is 5.42. The lowest BCUT2D eigenvalue weighted by atomic mass is 10.2. The van der Waals surface area contributed by atoms with Gasteiger partial charge in [0.25, 0.3) is 0 Å². The summed E-state index contributed by atoms with van der Waals surface area (Å²) in [5.41, 5.74) is -1.03. The molecule has 0 spiro atoms. The van der Waals surface area contributed by atoms with Crippen molar-refractivity contribution in [3.05, 3.63) is 44.7 Å². The summed E-state index contributed by atoms with van der Waals surface area (Å²) in [6, 6.07) is 1.72. The molecule has 0 radical (unpaired) electrons. The van der Waals surface area contributed by atoms with Crippen LogP contribution in [0.25, 0.3) is 0 Å². The summed E-state index contributed by atoms with van der Waals surface area (Å²) in [7, 11) is 3.39. The zero-order chi connectivity index (χ0) is 14.0. The smallest absolute Gasteiger partial charge is 0.339 e. The summed E-state index contributed by atoms with van der Waals surface area (Å²) in [5, 5.41) is 2.62. The van der Waals surface area contributed by atoms with Gasteiger partial charge in [0, 0.05) is 32.1 Å². The van der Waals surface area contributed by atoms with Gasteiger partial charge in [0.1, 0.15) is 0 Å². The number of nitrogens with one attached hydrogen (secondary N) is 1. The molecule has 0 saturated heterocycles. The molecular formula is C11H12N4O3S. The van der Waals surface area contributed by atoms with E-state index in [2.05, 4.69) is 10.1 Å². The van der Waals surface area contributed by atoms with Crippen LogP contribution >= 0.6 is 11.8 Å². The third kappa shape index (κ3) is 3.02. The highest BCUT2D eigenvalue weighted by Crippen LogP contribution is 2.14. The van der Waals surface area contributed by atoms with Crippen molar-refractivity contribution >= 4 is 17.5 Å². The van der Waals surface area contributed by atoms with Gasteiger partial charge in [0.15, 0.2) is 10.9 Å². The van der Waals surface area contributed by atoms with Gasteiger partial charge in [0.2, 0.25) is 0 Å². The van der Waals surface area contributed by atoms with E-state index in [1.165, 1.54) is 4.68 Å². The molecule has 0 aliphatic carbocycles. The fourth-order valence-electron chi connectivity index (χ4n) is 1.47. The van der Waals surface area contributed by atoms with Gasteiger partial charge in [-0.2, -0.15) is 4.98 Å². The second kappa shape index (κ2) is 5.27. The molecule has 0 aliphatic rings. The highest BCUT2D eigenvalue weighted by molar-refractivity contribution is 7.99. The zero-order valence-electron chi connectivity index (χ0n) is 10.4. The van der Waals surface area contributed by atoms with Crippen LogP contribution in [-0.2, 0) is 14.1 Å². The van der Waals surface area contributed by atoms with Gasteiger partial charge in [-0.1, -0.05) is 11.8 Å². The Balaban J connectivity index is 2.11. The summed E-state index contributed by atoms with van der Waals surface area (Å²) in [5.74, 6) is 0.0853. The Morgan fingerprint density at radius 3 is 2.79 bits per heavy atom. The van der Waals surface area contributed by atoms with Crippen molar-refractivity contribution in [1.29, 1.82) is 0 Å². The van der Waals surface area contributed by atoms with Crippen molar-refractivity contribution in [1.82, 2.24) is 19.3 Å². The molecule has 2 heterocycles. The standard InChI is InChI=1S/C11H12N4O3S/c1-14-4-3-7(5-14)8(16)6-19-11-12-9(17)10(18)13-15(11)2/h3-5H,6H2,1-2H3,(H,13,18). The van der Waals surface area contributed by atoms with E-state index in [0.717, 1.165) is 11.8 Å². The van der Waals surface area contributed by atoms with E-state index in [1.807, 2.05) is 7.05 Å². The molecular weight excluding hydrogens is 268 g/mol. The van der Waals surface area contributed by atoms with Gasteiger partial charge in [-0.15, -0.1) is 0 Å². The van der Waals surface area contributed by atoms with E-state index in [-0.39, 0.29) is 11.5 Å². The predicted molar refractivity (Wildman–Crippen MR) is 70.6 cm³/mol. The highest BCUT2D eigenvalue weighted by Gasteiger charge is 2.10. The number of Topliss-reactive ketones (excluding diaryl/α,β-unsaturated/α-hetero) is 1. The van der Waals surface area contributed by atoms with Crippen LogP contribution in [0, 0.1) is 0 Å². The average Bonchev–Trinajstić information content (AvgIpc) is 2.78. The van der Waals surface area contributed by atoms with Crippen LogP contribution < -0.4 is 11.1 Å². The van der Waals surface area contributed by atoms with Crippen molar-refractivity contribution < 1.29 is 4.79 Å². The topological polar surface area (TPSA) is 89.8 Å². The largest absolute Gasteiger partial charge is 0.357 e. The summed E-state index contributed by atoms with van der Waals surface area (Å²) >= 11 is 1.11. The minimum Gasteiger partial charge on any atom is -0.357 e. The molecule has 0 saturated carbocycles. The number of hydrogen-bond donors (Lipinski definition) is 1. The van der Waals surface area contributed by atoms with Crippen LogP contribution in [0.2, 0.25) is 0 Å². The van der Waals surface area contributed by atoms with Gasteiger partial charge in [0.05, 0.1) is 5.75 Å². The third-order valence-corrected chi connectivity index (χ3v) is 3.46. The van der Waals surface area contributed by atoms with Crippen LogP contribution in [0.3, 0.4) is 0 Å². The Morgan fingerprint density at radius 1 is 1.42 bits per heavy atom. The van der Waals surface area contributed by atoms with Crippen molar-refractivity contribution in [2.75, 3.05) is 5.75 Å². The Labute approximate surface area is 112 Å². The molecule has 19 heavy (non-hydrogen) atoms. The molecule has 0 aromatic carbocycles. The molecule has 0 amide bonds. The van der Waals surface area contributed by atoms with Gasteiger partial charge in [-0.25, -0.2) is 0 Å². The number of aromatic nitrogens is 4. The molecule has 0 unspecified atom stereocenters. The van der Waals surface area contributed by atoms with Crippen molar-refractivity contribution in [2.45, 2.75) is 5.16 Å². The van der Waals surface area contributed by atoms with E-state index in [0.29, 0.717) is 10.7 Å². The molecule has 8 heteroatoms. The van der Waals surface area contributed by atoms with Crippen LogP contribution in [0.1, 0.15) is 10.4 Å². The van der Waals surface area contributed by atoms with Crippen LogP contribution in [0.5, 0.6) is 0 Å². The molecule has 2 aromatic rings. The number of H-pyrrole nitrogens is 1. The van der Waals surface area contributed by atoms with Gasteiger partial charge in [-0.3, -0.25) is 24.2 Å². The molecule has 7 nitrogen and oxygen atoms in total. The first-order chi connectivity index (χ1) is 8.97. The number of carbonyl (C=O) groups is 1. The first kappa shape index (κ1) is 13.3. The molecule has 2 rings (SSSR count).